The molecular weight excluding hydrogens is 248 g/mol. The molecule has 1 aliphatic carbocycles. The van der Waals surface area contributed by atoms with Gasteiger partial charge in [-0.2, -0.15) is 0 Å². The Morgan fingerprint density at radius 1 is 1.15 bits per heavy atom. The Balaban J connectivity index is 1.69. The van der Waals surface area contributed by atoms with Gasteiger partial charge in [-0.25, -0.2) is 0 Å². The van der Waals surface area contributed by atoms with Crippen LogP contribution in [0.25, 0.3) is 5.69 Å². The minimum absolute atomic E-state index is 0.534. The fourth-order valence-electron chi connectivity index (χ4n) is 3.11. The molecule has 4 heteroatoms. The van der Waals surface area contributed by atoms with Gasteiger partial charge in [0.1, 0.15) is 12.7 Å². The van der Waals surface area contributed by atoms with Gasteiger partial charge in [0.2, 0.25) is 0 Å². The molecule has 1 aromatic carbocycles. The molecule has 1 saturated carbocycles. The molecule has 0 saturated heterocycles. The van der Waals surface area contributed by atoms with Gasteiger partial charge in [-0.3, -0.25) is 4.57 Å². The fourth-order valence-corrected chi connectivity index (χ4v) is 3.11. The minimum Gasteiger partial charge on any atom is -0.382 e. The van der Waals surface area contributed by atoms with Crippen LogP contribution >= 0.6 is 0 Å². The Morgan fingerprint density at radius 3 is 2.65 bits per heavy atom. The van der Waals surface area contributed by atoms with Crippen molar-refractivity contribution in [2.24, 2.45) is 5.92 Å². The maximum absolute atomic E-state index is 3.86. The number of benzene rings is 1. The molecular formula is C16H22N4. The van der Waals surface area contributed by atoms with Crippen molar-refractivity contribution < 1.29 is 0 Å². The van der Waals surface area contributed by atoms with E-state index in [1.54, 1.807) is 12.7 Å². The van der Waals surface area contributed by atoms with Crippen molar-refractivity contribution in [1.82, 2.24) is 14.8 Å². The van der Waals surface area contributed by atoms with Crippen LogP contribution in [0.4, 0.5) is 5.69 Å². The summed E-state index contributed by atoms with van der Waals surface area (Å²) < 4.78 is 1.93. The second-order valence-corrected chi connectivity index (χ2v) is 5.75. The van der Waals surface area contributed by atoms with E-state index in [9.17, 15) is 0 Å². The van der Waals surface area contributed by atoms with Crippen LogP contribution < -0.4 is 5.32 Å². The van der Waals surface area contributed by atoms with Crippen molar-refractivity contribution >= 4 is 5.69 Å². The molecule has 20 heavy (non-hydrogen) atoms. The van der Waals surface area contributed by atoms with Gasteiger partial charge in [-0.05, 0) is 43.9 Å². The Kier molecular flexibility index (Phi) is 4.00. The van der Waals surface area contributed by atoms with E-state index in [0.29, 0.717) is 6.04 Å². The van der Waals surface area contributed by atoms with Crippen LogP contribution in [0.1, 0.15) is 39.0 Å². The predicted octanol–water partition coefficient (Wildman–Crippen LogP) is 3.65. The van der Waals surface area contributed by atoms with E-state index >= 15 is 0 Å². The summed E-state index contributed by atoms with van der Waals surface area (Å²) in [5.74, 6) is 0.808. The zero-order valence-corrected chi connectivity index (χ0v) is 12.0. The van der Waals surface area contributed by atoms with E-state index < -0.39 is 0 Å². The van der Waals surface area contributed by atoms with Crippen LogP contribution in [0.2, 0.25) is 0 Å². The quantitative estimate of drug-likeness (QED) is 0.922. The Labute approximate surface area is 120 Å². The summed E-state index contributed by atoms with van der Waals surface area (Å²) in [6.07, 6.45) is 10.4. The van der Waals surface area contributed by atoms with Gasteiger partial charge in [-0.1, -0.05) is 25.3 Å². The topological polar surface area (TPSA) is 42.7 Å². The lowest BCUT2D eigenvalue weighted by Gasteiger charge is -2.29. The van der Waals surface area contributed by atoms with Crippen molar-refractivity contribution in [2.45, 2.75) is 45.1 Å². The van der Waals surface area contributed by atoms with Crippen molar-refractivity contribution in [2.75, 3.05) is 5.32 Å². The third kappa shape index (κ3) is 3.00. The van der Waals surface area contributed by atoms with Crippen LogP contribution in [0.3, 0.4) is 0 Å². The van der Waals surface area contributed by atoms with Crippen LogP contribution in [0, 0.1) is 5.92 Å². The standard InChI is InChI=1S/C16H22N4/c1-13(14-6-3-2-4-7-14)19-15-8-5-9-16(10-15)20-11-17-18-12-20/h5,8-14,19H,2-4,6-7H2,1H3. The summed E-state index contributed by atoms with van der Waals surface area (Å²) in [5.41, 5.74) is 2.27. The second kappa shape index (κ2) is 6.07. The van der Waals surface area contributed by atoms with E-state index in [0.717, 1.165) is 11.6 Å². The lowest BCUT2D eigenvalue weighted by molar-refractivity contribution is 0.328. The van der Waals surface area contributed by atoms with E-state index in [1.165, 1.54) is 37.8 Å². The highest BCUT2D eigenvalue weighted by Gasteiger charge is 2.19. The zero-order valence-electron chi connectivity index (χ0n) is 12.0. The van der Waals surface area contributed by atoms with Crippen LogP contribution in [0.15, 0.2) is 36.9 Å². The summed E-state index contributed by atoms with van der Waals surface area (Å²) in [4.78, 5) is 0. The molecule has 0 radical (unpaired) electrons. The summed E-state index contributed by atoms with van der Waals surface area (Å²) in [5, 5.41) is 11.4. The number of hydrogen-bond acceptors (Lipinski definition) is 3. The first-order valence-electron chi connectivity index (χ1n) is 7.54. The highest BCUT2D eigenvalue weighted by atomic mass is 15.2. The number of anilines is 1. The molecule has 1 aliphatic rings. The molecule has 1 N–H and O–H groups in total. The van der Waals surface area contributed by atoms with Gasteiger partial charge in [0.15, 0.2) is 0 Å². The highest BCUT2D eigenvalue weighted by Crippen LogP contribution is 2.28. The lowest BCUT2D eigenvalue weighted by atomic mass is 9.84. The molecule has 106 valence electrons. The van der Waals surface area contributed by atoms with E-state index in [-0.39, 0.29) is 0 Å². The molecule has 0 amide bonds. The van der Waals surface area contributed by atoms with Crippen molar-refractivity contribution in [3.8, 4) is 5.69 Å². The number of rotatable bonds is 4. The van der Waals surface area contributed by atoms with Gasteiger partial charge < -0.3 is 5.32 Å². The van der Waals surface area contributed by atoms with Crippen molar-refractivity contribution in [3.05, 3.63) is 36.9 Å². The van der Waals surface area contributed by atoms with E-state index in [2.05, 4.69) is 46.7 Å². The maximum atomic E-state index is 3.86. The third-order valence-corrected chi connectivity index (χ3v) is 4.31. The van der Waals surface area contributed by atoms with Crippen molar-refractivity contribution in [1.29, 1.82) is 0 Å². The van der Waals surface area contributed by atoms with Crippen LogP contribution in [-0.4, -0.2) is 20.8 Å². The summed E-state index contributed by atoms with van der Waals surface area (Å²) >= 11 is 0. The van der Waals surface area contributed by atoms with Gasteiger partial charge in [-0.15, -0.1) is 10.2 Å². The first kappa shape index (κ1) is 13.2. The van der Waals surface area contributed by atoms with E-state index in [4.69, 9.17) is 0 Å². The molecule has 0 bridgehead atoms. The Bertz CT molecular complexity index is 529. The highest BCUT2D eigenvalue weighted by molar-refractivity contribution is 5.51. The number of aromatic nitrogens is 3. The molecule has 1 aromatic heterocycles. The molecule has 2 aromatic rings. The molecule has 3 rings (SSSR count). The summed E-state index contributed by atoms with van der Waals surface area (Å²) in [6, 6.07) is 8.97. The Morgan fingerprint density at radius 2 is 1.90 bits per heavy atom. The largest absolute Gasteiger partial charge is 0.382 e. The average Bonchev–Trinajstić information content (AvgIpc) is 3.03. The van der Waals surface area contributed by atoms with Crippen molar-refractivity contribution in [3.63, 3.8) is 0 Å². The average molecular weight is 270 g/mol. The fraction of sp³-hybridized carbons (Fsp3) is 0.500. The van der Waals surface area contributed by atoms with Gasteiger partial charge >= 0.3 is 0 Å². The van der Waals surface area contributed by atoms with Gasteiger partial charge in [0.05, 0.1) is 5.69 Å². The lowest BCUT2D eigenvalue weighted by Crippen LogP contribution is -2.27. The molecule has 1 atom stereocenters. The van der Waals surface area contributed by atoms with Crippen LogP contribution in [0.5, 0.6) is 0 Å². The summed E-state index contributed by atoms with van der Waals surface area (Å²) in [7, 11) is 0. The normalized spacial score (nSPS) is 17.9. The van der Waals surface area contributed by atoms with Crippen LogP contribution in [-0.2, 0) is 0 Å². The molecule has 1 unspecified atom stereocenters. The third-order valence-electron chi connectivity index (χ3n) is 4.31. The number of nitrogens with one attached hydrogen (secondary N) is 1. The second-order valence-electron chi connectivity index (χ2n) is 5.75. The molecule has 0 aliphatic heterocycles. The zero-order chi connectivity index (χ0) is 13.8. The summed E-state index contributed by atoms with van der Waals surface area (Å²) in [6.45, 7) is 2.31. The first-order valence-corrected chi connectivity index (χ1v) is 7.54. The maximum Gasteiger partial charge on any atom is 0.123 e. The molecule has 0 spiro atoms. The van der Waals surface area contributed by atoms with E-state index in [1.807, 2.05) is 4.57 Å². The van der Waals surface area contributed by atoms with Gasteiger partial charge in [0.25, 0.3) is 0 Å². The predicted molar refractivity (Wildman–Crippen MR) is 81.0 cm³/mol. The molecule has 4 nitrogen and oxygen atoms in total. The first-order chi connectivity index (χ1) is 9.83. The molecule has 1 fully saturated rings. The SMILES string of the molecule is CC(Nc1cccc(-n2cnnc2)c1)C1CCCCC1. The Hall–Kier alpha value is -1.84. The monoisotopic (exact) mass is 270 g/mol. The number of hydrogen-bond donors (Lipinski definition) is 1. The smallest absolute Gasteiger partial charge is 0.123 e. The minimum atomic E-state index is 0.534. The van der Waals surface area contributed by atoms with Gasteiger partial charge in [0, 0.05) is 11.7 Å². The number of nitrogens with zero attached hydrogens (tertiary/aromatic N) is 3. The molecule has 1 heterocycles.